The maximum Gasteiger partial charge on any atom is 0.317 e. The quantitative estimate of drug-likeness (QED) is 0.518. The number of esters is 1. The van der Waals surface area contributed by atoms with Crippen LogP contribution in [0.15, 0.2) is 60.0 Å². The molecule has 22 heavy (non-hydrogen) atoms. The van der Waals surface area contributed by atoms with Gasteiger partial charge in [-0.2, -0.15) is 0 Å². The zero-order chi connectivity index (χ0) is 15.4. The Bertz CT molecular complexity index is 769. The topological polar surface area (TPSA) is 39.2 Å². The van der Waals surface area contributed by atoms with E-state index in [9.17, 15) is 4.79 Å². The van der Waals surface area contributed by atoms with Crippen molar-refractivity contribution in [1.29, 1.82) is 0 Å². The molecule has 0 bridgehead atoms. The molecule has 0 saturated heterocycles. The lowest BCUT2D eigenvalue weighted by Gasteiger charge is -2.02. The van der Waals surface area contributed by atoms with E-state index >= 15 is 0 Å². The minimum Gasteiger partial charge on any atom is -0.426 e. The fourth-order valence-corrected chi connectivity index (χ4v) is 2.87. The number of aromatic nitrogens is 1. The number of hydrogen-bond donors (Lipinski definition) is 0. The SMILES string of the molecule is O=C(Cc1csc(-c2ccc(Cl)cc2)n1)Oc1ccccc1. The fourth-order valence-electron chi connectivity index (χ4n) is 1.92. The molecule has 0 unspecified atom stereocenters. The van der Waals surface area contributed by atoms with Crippen molar-refractivity contribution < 1.29 is 9.53 Å². The van der Waals surface area contributed by atoms with Crippen molar-refractivity contribution in [2.45, 2.75) is 6.42 Å². The zero-order valence-corrected chi connectivity index (χ0v) is 13.1. The molecule has 3 aromatic rings. The second-order valence-corrected chi connectivity index (χ2v) is 5.91. The predicted molar refractivity (Wildman–Crippen MR) is 88.3 cm³/mol. The van der Waals surface area contributed by atoms with Crippen LogP contribution >= 0.6 is 22.9 Å². The highest BCUT2D eigenvalue weighted by Gasteiger charge is 2.11. The van der Waals surface area contributed by atoms with Crippen molar-refractivity contribution in [3.05, 3.63) is 70.7 Å². The van der Waals surface area contributed by atoms with E-state index in [2.05, 4.69) is 4.98 Å². The fraction of sp³-hybridized carbons (Fsp3) is 0.0588. The molecule has 1 heterocycles. The summed E-state index contributed by atoms with van der Waals surface area (Å²) in [6, 6.07) is 16.5. The van der Waals surface area contributed by atoms with Gasteiger partial charge >= 0.3 is 5.97 Å². The van der Waals surface area contributed by atoms with Crippen LogP contribution in [0.5, 0.6) is 5.75 Å². The Hall–Kier alpha value is -2.17. The molecule has 0 fully saturated rings. The van der Waals surface area contributed by atoms with Crippen molar-refractivity contribution >= 4 is 28.9 Å². The first kappa shape index (κ1) is 14.8. The summed E-state index contributed by atoms with van der Waals surface area (Å²) in [5.74, 6) is 0.222. The van der Waals surface area contributed by atoms with E-state index in [0.717, 1.165) is 10.6 Å². The van der Waals surface area contributed by atoms with Crippen LogP contribution in [0, 0.1) is 0 Å². The van der Waals surface area contributed by atoms with Crippen molar-refractivity contribution in [3.63, 3.8) is 0 Å². The third kappa shape index (κ3) is 3.72. The first-order valence-electron chi connectivity index (χ1n) is 6.67. The van der Waals surface area contributed by atoms with Crippen molar-refractivity contribution in [1.82, 2.24) is 4.98 Å². The third-order valence-corrected chi connectivity index (χ3v) is 4.14. The van der Waals surface area contributed by atoms with E-state index in [4.69, 9.17) is 16.3 Å². The summed E-state index contributed by atoms with van der Waals surface area (Å²) in [4.78, 5) is 16.4. The van der Waals surface area contributed by atoms with Gasteiger partial charge in [-0.25, -0.2) is 4.98 Å². The summed E-state index contributed by atoms with van der Waals surface area (Å²) < 4.78 is 5.26. The highest BCUT2D eigenvalue weighted by Crippen LogP contribution is 2.25. The van der Waals surface area contributed by atoms with Gasteiger partial charge in [-0.3, -0.25) is 4.79 Å². The monoisotopic (exact) mass is 329 g/mol. The van der Waals surface area contributed by atoms with Crippen LogP contribution in [-0.4, -0.2) is 11.0 Å². The van der Waals surface area contributed by atoms with Crippen molar-refractivity contribution in [2.24, 2.45) is 0 Å². The number of halogens is 1. The summed E-state index contributed by atoms with van der Waals surface area (Å²) in [7, 11) is 0. The smallest absolute Gasteiger partial charge is 0.317 e. The number of carbonyl (C=O) groups excluding carboxylic acids is 1. The van der Waals surface area contributed by atoms with Gasteiger partial charge in [0.15, 0.2) is 0 Å². The number of thiazole rings is 1. The van der Waals surface area contributed by atoms with Gasteiger partial charge in [0.2, 0.25) is 0 Å². The average Bonchev–Trinajstić information content (AvgIpc) is 2.97. The van der Waals surface area contributed by atoms with Crippen LogP contribution in [0.25, 0.3) is 10.6 Å². The number of benzene rings is 2. The molecule has 3 rings (SSSR count). The largest absolute Gasteiger partial charge is 0.426 e. The molecule has 0 radical (unpaired) electrons. The molecule has 2 aromatic carbocycles. The molecule has 110 valence electrons. The molecule has 0 aliphatic carbocycles. The molecular weight excluding hydrogens is 318 g/mol. The van der Waals surface area contributed by atoms with Gasteiger partial charge in [0.25, 0.3) is 0 Å². The van der Waals surface area contributed by atoms with Gasteiger partial charge < -0.3 is 4.74 Å². The van der Waals surface area contributed by atoms with E-state index in [0.29, 0.717) is 16.5 Å². The van der Waals surface area contributed by atoms with Crippen LogP contribution < -0.4 is 4.74 Å². The Morgan fingerprint density at radius 2 is 1.82 bits per heavy atom. The molecule has 1 aromatic heterocycles. The number of nitrogens with zero attached hydrogens (tertiary/aromatic N) is 1. The van der Waals surface area contributed by atoms with Crippen molar-refractivity contribution in [2.75, 3.05) is 0 Å². The van der Waals surface area contributed by atoms with Crippen LogP contribution in [0.3, 0.4) is 0 Å². The molecular formula is C17H12ClNO2S. The molecule has 5 heteroatoms. The lowest BCUT2D eigenvalue weighted by molar-refractivity contribution is -0.133. The highest BCUT2D eigenvalue weighted by atomic mass is 35.5. The van der Waals surface area contributed by atoms with Gasteiger partial charge in [0.1, 0.15) is 10.8 Å². The number of hydrogen-bond acceptors (Lipinski definition) is 4. The summed E-state index contributed by atoms with van der Waals surface area (Å²) in [6.07, 6.45) is 0.152. The first-order valence-corrected chi connectivity index (χ1v) is 7.92. The molecule has 0 aliphatic heterocycles. The van der Waals surface area contributed by atoms with E-state index in [1.807, 2.05) is 47.8 Å². The number of carbonyl (C=O) groups is 1. The Labute approximate surface area is 137 Å². The van der Waals surface area contributed by atoms with Gasteiger partial charge in [0.05, 0.1) is 12.1 Å². The molecule has 0 amide bonds. The normalized spacial score (nSPS) is 10.4. The summed E-state index contributed by atoms with van der Waals surface area (Å²) in [6.45, 7) is 0. The Morgan fingerprint density at radius 3 is 2.55 bits per heavy atom. The maximum absolute atomic E-state index is 11.9. The zero-order valence-electron chi connectivity index (χ0n) is 11.5. The Kier molecular flexibility index (Phi) is 4.51. The van der Waals surface area contributed by atoms with Gasteiger partial charge in [-0.1, -0.05) is 41.9 Å². The van der Waals surface area contributed by atoms with Gasteiger partial charge in [-0.15, -0.1) is 11.3 Å². The van der Waals surface area contributed by atoms with E-state index in [1.54, 1.807) is 12.1 Å². The summed E-state index contributed by atoms with van der Waals surface area (Å²) >= 11 is 7.37. The number of rotatable bonds is 4. The Balaban J connectivity index is 1.66. The van der Waals surface area contributed by atoms with Crippen LogP contribution in [0.1, 0.15) is 5.69 Å². The maximum atomic E-state index is 11.9. The van der Waals surface area contributed by atoms with E-state index in [1.165, 1.54) is 11.3 Å². The summed E-state index contributed by atoms with van der Waals surface area (Å²) in [5, 5.41) is 3.42. The van der Waals surface area contributed by atoms with Gasteiger partial charge in [0, 0.05) is 16.0 Å². The number of para-hydroxylation sites is 1. The Morgan fingerprint density at radius 1 is 1.09 bits per heavy atom. The van der Waals surface area contributed by atoms with E-state index in [-0.39, 0.29) is 12.4 Å². The van der Waals surface area contributed by atoms with Crippen LogP contribution in [-0.2, 0) is 11.2 Å². The lowest BCUT2D eigenvalue weighted by atomic mass is 10.2. The molecule has 0 saturated carbocycles. The second-order valence-electron chi connectivity index (χ2n) is 4.61. The second kappa shape index (κ2) is 6.73. The molecule has 0 aliphatic rings. The summed E-state index contributed by atoms with van der Waals surface area (Å²) in [5.41, 5.74) is 1.69. The average molecular weight is 330 g/mol. The molecule has 0 atom stereocenters. The number of ether oxygens (including phenoxy) is 1. The standard InChI is InChI=1S/C17H12ClNO2S/c18-13-8-6-12(7-9-13)17-19-14(11-22-17)10-16(20)21-15-4-2-1-3-5-15/h1-9,11H,10H2. The van der Waals surface area contributed by atoms with Crippen molar-refractivity contribution in [3.8, 4) is 16.3 Å². The minimum atomic E-state index is -0.320. The third-order valence-electron chi connectivity index (χ3n) is 2.94. The van der Waals surface area contributed by atoms with Crippen LogP contribution in [0.4, 0.5) is 0 Å². The minimum absolute atomic E-state index is 0.152. The lowest BCUT2D eigenvalue weighted by Crippen LogP contribution is -2.11. The molecule has 3 nitrogen and oxygen atoms in total. The first-order chi connectivity index (χ1) is 10.7. The molecule has 0 N–H and O–H groups in total. The van der Waals surface area contributed by atoms with E-state index < -0.39 is 0 Å². The van der Waals surface area contributed by atoms with Gasteiger partial charge in [-0.05, 0) is 24.3 Å². The predicted octanol–water partition coefficient (Wildman–Crippen LogP) is 4.61. The highest BCUT2D eigenvalue weighted by molar-refractivity contribution is 7.13. The molecule has 0 spiro atoms. The van der Waals surface area contributed by atoms with Crippen LogP contribution in [0.2, 0.25) is 5.02 Å².